The normalized spacial score (nSPS) is 22.8. The quantitative estimate of drug-likeness (QED) is 0.867. The number of nitrogens with zero attached hydrogens (tertiary/aromatic N) is 2. The third-order valence-corrected chi connectivity index (χ3v) is 4.48. The van der Waals surface area contributed by atoms with Crippen LogP contribution in [0.2, 0.25) is 0 Å². The smallest absolute Gasteiger partial charge is 0.225 e. The molecule has 1 saturated carbocycles. The predicted octanol–water partition coefficient (Wildman–Crippen LogP) is 0.813. The van der Waals surface area contributed by atoms with Gasteiger partial charge >= 0.3 is 0 Å². The van der Waals surface area contributed by atoms with Gasteiger partial charge < -0.3 is 10.2 Å². The Labute approximate surface area is 116 Å². The first-order chi connectivity index (χ1) is 9.24. The lowest BCUT2D eigenvalue weighted by molar-refractivity contribution is -0.129. The van der Waals surface area contributed by atoms with Gasteiger partial charge in [-0.15, -0.1) is 11.3 Å². The second-order valence-electron chi connectivity index (χ2n) is 5.15. The molecule has 0 bridgehead atoms. The minimum absolute atomic E-state index is 0.00746. The van der Waals surface area contributed by atoms with Crippen molar-refractivity contribution in [2.24, 2.45) is 5.92 Å². The summed E-state index contributed by atoms with van der Waals surface area (Å²) in [6.07, 6.45) is 5.11. The third kappa shape index (κ3) is 2.94. The monoisotopic (exact) mass is 279 g/mol. The number of carbonyl (C=O) groups excluding carboxylic acids is 2. The SMILES string of the molecule is O=C(NCCc1nccs1)[C@@H]1CC(=O)N(C2CC2)C1. The van der Waals surface area contributed by atoms with E-state index in [4.69, 9.17) is 0 Å². The Hall–Kier alpha value is -1.43. The molecule has 2 aliphatic rings. The van der Waals surface area contributed by atoms with E-state index in [9.17, 15) is 9.59 Å². The molecule has 2 amide bonds. The fourth-order valence-electron chi connectivity index (χ4n) is 2.46. The second-order valence-corrected chi connectivity index (χ2v) is 6.12. The van der Waals surface area contributed by atoms with Crippen LogP contribution in [0.15, 0.2) is 11.6 Å². The van der Waals surface area contributed by atoms with Crippen LogP contribution in [0.5, 0.6) is 0 Å². The summed E-state index contributed by atoms with van der Waals surface area (Å²) in [5.41, 5.74) is 0. The van der Waals surface area contributed by atoms with Gasteiger partial charge in [-0.2, -0.15) is 0 Å². The van der Waals surface area contributed by atoms with Crippen molar-refractivity contribution in [3.8, 4) is 0 Å². The Morgan fingerprint density at radius 3 is 3.05 bits per heavy atom. The maximum absolute atomic E-state index is 12.0. The van der Waals surface area contributed by atoms with E-state index < -0.39 is 0 Å². The van der Waals surface area contributed by atoms with Crippen LogP contribution >= 0.6 is 11.3 Å². The topological polar surface area (TPSA) is 62.3 Å². The van der Waals surface area contributed by atoms with Gasteiger partial charge in [0.25, 0.3) is 0 Å². The molecule has 1 aliphatic heterocycles. The number of likely N-dealkylation sites (tertiary alicyclic amines) is 1. The zero-order valence-electron chi connectivity index (χ0n) is 10.7. The van der Waals surface area contributed by atoms with E-state index in [1.807, 2.05) is 10.3 Å². The summed E-state index contributed by atoms with van der Waals surface area (Å²) < 4.78 is 0. The summed E-state index contributed by atoms with van der Waals surface area (Å²) in [7, 11) is 0. The molecule has 102 valence electrons. The van der Waals surface area contributed by atoms with Crippen LogP contribution in [0.1, 0.15) is 24.3 Å². The van der Waals surface area contributed by atoms with Crippen molar-refractivity contribution >= 4 is 23.2 Å². The minimum Gasteiger partial charge on any atom is -0.355 e. The van der Waals surface area contributed by atoms with Crippen LogP contribution in [-0.2, 0) is 16.0 Å². The van der Waals surface area contributed by atoms with Crippen molar-refractivity contribution in [1.29, 1.82) is 0 Å². The third-order valence-electron chi connectivity index (χ3n) is 3.64. The number of carbonyl (C=O) groups is 2. The van der Waals surface area contributed by atoms with Crippen molar-refractivity contribution in [3.63, 3.8) is 0 Å². The van der Waals surface area contributed by atoms with Crippen molar-refractivity contribution in [3.05, 3.63) is 16.6 Å². The van der Waals surface area contributed by atoms with Gasteiger partial charge in [-0.25, -0.2) is 4.98 Å². The van der Waals surface area contributed by atoms with Crippen molar-refractivity contribution in [1.82, 2.24) is 15.2 Å². The highest BCUT2D eigenvalue weighted by Gasteiger charge is 2.41. The molecule has 1 saturated heterocycles. The number of nitrogens with one attached hydrogen (secondary N) is 1. The van der Waals surface area contributed by atoms with Gasteiger partial charge in [0.1, 0.15) is 0 Å². The van der Waals surface area contributed by atoms with Crippen LogP contribution in [0.4, 0.5) is 0 Å². The summed E-state index contributed by atoms with van der Waals surface area (Å²) in [6.45, 7) is 1.20. The van der Waals surface area contributed by atoms with Crippen LogP contribution in [0.3, 0.4) is 0 Å². The van der Waals surface area contributed by atoms with Crippen LogP contribution < -0.4 is 5.32 Å². The highest BCUT2D eigenvalue weighted by molar-refractivity contribution is 7.09. The average Bonchev–Trinajstić information content (AvgIpc) is 2.96. The number of hydrogen-bond donors (Lipinski definition) is 1. The first-order valence-corrected chi connectivity index (χ1v) is 7.57. The van der Waals surface area contributed by atoms with Crippen molar-refractivity contribution in [2.75, 3.05) is 13.1 Å². The highest BCUT2D eigenvalue weighted by Crippen LogP contribution is 2.32. The summed E-state index contributed by atoms with van der Waals surface area (Å²) >= 11 is 1.60. The molecule has 19 heavy (non-hydrogen) atoms. The zero-order chi connectivity index (χ0) is 13.2. The second kappa shape index (κ2) is 5.28. The molecule has 0 unspecified atom stereocenters. The van der Waals surface area contributed by atoms with Gasteiger partial charge in [0, 0.05) is 43.5 Å². The van der Waals surface area contributed by atoms with Gasteiger partial charge in [0.05, 0.1) is 10.9 Å². The molecule has 1 aromatic heterocycles. The van der Waals surface area contributed by atoms with Crippen LogP contribution in [-0.4, -0.2) is 40.8 Å². The molecule has 1 aromatic rings. The molecule has 1 N–H and O–H groups in total. The molecule has 1 atom stereocenters. The van der Waals surface area contributed by atoms with Gasteiger partial charge in [-0.3, -0.25) is 9.59 Å². The van der Waals surface area contributed by atoms with E-state index in [1.165, 1.54) is 0 Å². The van der Waals surface area contributed by atoms with Crippen molar-refractivity contribution < 1.29 is 9.59 Å². The van der Waals surface area contributed by atoms with E-state index in [1.54, 1.807) is 17.5 Å². The molecule has 3 rings (SSSR count). The first-order valence-electron chi connectivity index (χ1n) is 6.69. The number of hydrogen-bond acceptors (Lipinski definition) is 4. The summed E-state index contributed by atoms with van der Waals surface area (Å²) in [5.74, 6) is -0.0139. The van der Waals surface area contributed by atoms with E-state index in [0.29, 0.717) is 25.6 Å². The lowest BCUT2D eigenvalue weighted by Crippen LogP contribution is -2.34. The standard InChI is InChI=1S/C13H17N3O2S/c17-12-7-9(8-16(12)10-1-2-10)13(18)15-4-3-11-14-5-6-19-11/h5-6,9-10H,1-4,7-8H2,(H,15,18)/t9-/m1/s1. The minimum atomic E-state index is -0.163. The number of thiazole rings is 1. The molecular weight excluding hydrogens is 262 g/mol. The Morgan fingerprint density at radius 1 is 1.53 bits per heavy atom. The largest absolute Gasteiger partial charge is 0.355 e. The summed E-state index contributed by atoms with van der Waals surface area (Å²) in [5, 5.41) is 5.87. The molecule has 2 fully saturated rings. The van der Waals surface area contributed by atoms with Crippen molar-refractivity contribution in [2.45, 2.75) is 31.7 Å². The van der Waals surface area contributed by atoms with E-state index in [2.05, 4.69) is 10.3 Å². The Morgan fingerprint density at radius 2 is 2.37 bits per heavy atom. The lowest BCUT2D eigenvalue weighted by atomic mass is 10.1. The maximum Gasteiger partial charge on any atom is 0.225 e. The Kier molecular flexibility index (Phi) is 3.50. The zero-order valence-corrected chi connectivity index (χ0v) is 11.5. The lowest BCUT2D eigenvalue weighted by Gasteiger charge is -2.15. The predicted molar refractivity (Wildman–Crippen MR) is 71.7 cm³/mol. The van der Waals surface area contributed by atoms with Gasteiger partial charge in [0.2, 0.25) is 11.8 Å². The van der Waals surface area contributed by atoms with Gasteiger partial charge in [0.15, 0.2) is 0 Å². The fraction of sp³-hybridized carbons (Fsp3) is 0.615. The van der Waals surface area contributed by atoms with Crippen LogP contribution in [0, 0.1) is 5.92 Å². The summed E-state index contributed by atoms with van der Waals surface area (Å²) in [4.78, 5) is 29.8. The van der Waals surface area contributed by atoms with E-state index >= 15 is 0 Å². The molecule has 6 heteroatoms. The maximum atomic E-state index is 12.0. The average molecular weight is 279 g/mol. The molecule has 0 aromatic carbocycles. The Bertz CT molecular complexity index is 470. The number of amides is 2. The fourth-order valence-corrected chi connectivity index (χ4v) is 3.08. The molecule has 1 aliphatic carbocycles. The molecule has 5 nitrogen and oxygen atoms in total. The van der Waals surface area contributed by atoms with E-state index in [-0.39, 0.29) is 17.7 Å². The van der Waals surface area contributed by atoms with Crippen LogP contribution in [0.25, 0.3) is 0 Å². The Balaban J connectivity index is 1.44. The van der Waals surface area contributed by atoms with E-state index in [0.717, 1.165) is 24.3 Å². The highest BCUT2D eigenvalue weighted by atomic mass is 32.1. The molecule has 0 radical (unpaired) electrons. The number of rotatable bonds is 5. The summed E-state index contributed by atoms with van der Waals surface area (Å²) in [6, 6.07) is 0.417. The molecule has 0 spiro atoms. The number of aromatic nitrogens is 1. The first kappa shape index (κ1) is 12.6. The molecular formula is C13H17N3O2S. The van der Waals surface area contributed by atoms with Gasteiger partial charge in [-0.1, -0.05) is 0 Å². The van der Waals surface area contributed by atoms with Gasteiger partial charge in [-0.05, 0) is 12.8 Å². The molecule has 2 heterocycles.